The van der Waals surface area contributed by atoms with Gasteiger partial charge in [0.2, 0.25) is 11.7 Å². The van der Waals surface area contributed by atoms with Gasteiger partial charge in [-0.1, -0.05) is 36.8 Å². The molecule has 0 bridgehead atoms. The summed E-state index contributed by atoms with van der Waals surface area (Å²) in [6, 6.07) is 14.6. The van der Waals surface area contributed by atoms with Crippen LogP contribution in [0.4, 0.5) is 5.69 Å². The summed E-state index contributed by atoms with van der Waals surface area (Å²) in [5, 5.41) is 15.0. The van der Waals surface area contributed by atoms with Crippen molar-refractivity contribution in [3.8, 4) is 11.4 Å². The summed E-state index contributed by atoms with van der Waals surface area (Å²) in [7, 11) is 0. The first-order valence-corrected chi connectivity index (χ1v) is 8.83. The number of aryl methyl sites for hydroxylation is 1. The number of Topliss-reactive ketones (excluding diaryl/α,β-unsaturated/α-hetero) is 1. The Morgan fingerprint density at radius 3 is 2.41 bits per heavy atom. The van der Waals surface area contributed by atoms with E-state index in [-0.39, 0.29) is 18.2 Å². The molecule has 7 nitrogen and oxygen atoms in total. The fourth-order valence-corrected chi connectivity index (χ4v) is 2.54. The lowest BCUT2D eigenvalue weighted by molar-refractivity contribution is -0.116. The minimum absolute atomic E-state index is 0.000399. The molecule has 0 saturated heterocycles. The normalized spacial score (nSPS) is 10.6. The van der Waals surface area contributed by atoms with E-state index in [1.807, 2.05) is 38.1 Å². The molecule has 1 N–H and O–H groups in total. The molecule has 0 atom stereocenters. The maximum atomic E-state index is 12.4. The Labute approximate surface area is 157 Å². The lowest BCUT2D eigenvalue weighted by atomic mass is 10.1. The first-order valence-electron chi connectivity index (χ1n) is 8.83. The maximum Gasteiger partial charge on any atom is 0.224 e. The number of aromatic nitrogens is 4. The predicted molar refractivity (Wildman–Crippen MR) is 102 cm³/mol. The summed E-state index contributed by atoms with van der Waals surface area (Å²) in [5.74, 6) is 0.318. The molecule has 1 amide bonds. The molecule has 1 heterocycles. The molecule has 3 aromatic rings. The van der Waals surface area contributed by atoms with E-state index in [1.165, 1.54) is 4.80 Å². The number of anilines is 1. The Bertz CT molecular complexity index is 930. The minimum atomic E-state index is -0.130. The number of tetrazole rings is 1. The third-order valence-electron chi connectivity index (χ3n) is 4.02. The summed E-state index contributed by atoms with van der Waals surface area (Å²) in [4.78, 5) is 25.3. The molecule has 0 spiro atoms. The molecular weight excluding hydrogens is 342 g/mol. The standard InChI is InChI=1S/C20H21N5O2/c1-3-4-19(27)21-17-11-9-15(10-12-17)18(26)13-25-23-20(22-24-25)16-7-5-14(2)6-8-16/h5-12H,3-4,13H2,1-2H3,(H,21,27). The third kappa shape index (κ3) is 4.84. The van der Waals surface area contributed by atoms with E-state index in [0.717, 1.165) is 17.5 Å². The lowest BCUT2D eigenvalue weighted by Crippen LogP contribution is -2.14. The first-order chi connectivity index (χ1) is 13.0. The monoisotopic (exact) mass is 363 g/mol. The second kappa shape index (κ2) is 8.35. The quantitative estimate of drug-likeness (QED) is 0.651. The van der Waals surface area contributed by atoms with Gasteiger partial charge < -0.3 is 5.32 Å². The van der Waals surface area contributed by atoms with Gasteiger partial charge >= 0.3 is 0 Å². The molecule has 0 aliphatic rings. The van der Waals surface area contributed by atoms with E-state index < -0.39 is 0 Å². The van der Waals surface area contributed by atoms with Crippen LogP contribution < -0.4 is 5.32 Å². The number of hydrogen-bond acceptors (Lipinski definition) is 5. The molecule has 3 rings (SSSR count). The summed E-state index contributed by atoms with van der Waals surface area (Å²) < 4.78 is 0. The fourth-order valence-electron chi connectivity index (χ4n) is 2.54. The van der Waals surface area contributed by atoms with Gasteiger partial charge in [-0.2, -0.15) is 4.80 Å². The number of nitrogens with zero attached hydrogens (tertiary/aromatic N) is 4. The zero-order valence-corrected chi connectivity index (χ0v) is 15.3. The van der Waals surface area contributed by atoms with E-state index in [0.29, 0.717) is 23.5 Å². The van der Waals surface area contributed by atoms with Crippen LogP contribution in [0.1, 0.15) is 35.7 Å². The Balaban J connectivity index is 1.63. The highest BCUT2D eigenvalue weighted by atomic mass is 16.1. The van der Waals surface area contributed by atoms with Crippen LogP contribution in [0.3, 0.4) is 0 Å². The molecule has 0 fully saturated rings. The summed E-state index contributed by atoms with van der Waals surface area (Å²) in [5.41, 5.74) is 3.20. The molecule has 2 aromatic carbocycles. The molecule has 0 aliphatic carbocycles. The first kappa shape index (κ1) is 18.4. The second-order valence-corrected chi connectivity index (χ2v) is 6.31. The van der Waals surface area contributed by atoms with Gasteiger partial charge in [0.1, 0.15) is 6.54 Å². The largest absolute Gasteiger partial charge is 0.326 e. The predicted octanol–water partition coefficient (Wildman–Crippen LogP) is 3.27. The lowest BCUT2D eigenvalue weighted by Gasteiger charge is -2.05. The highest BCUT2D eigenvalue weighted by molar-refractivity contribution is 5.97. The van der Waals surface area contributed by atoms with Crippen LogP contribution in [0.25, 0.3) is 11.4 Å². The van der Waals surface area contributed by atoms with Crippen molar-refractivity contribution < 1.29 is 9.59 Å². The molecule has 1 aromatic heterocycles. The molecule has 0 saturated carbocycles. The van der Waals surface area contributed by atoms with Crippen molar-refractivity contribution in [1.29, 1.82) is 0 Å². The number of carbonyl (C=O) groups excluding carboxylic acids is 2. The van der Waals surface area contributed by atoms with Gasteiger partial charge in [-0.3, -0.25) is 9.59 Å². The van der Waals surface area contributed by atoms with Crippen LogP contribution >= 0.6 is 0 Å². The Hall–Kier alpha value is -3.35. The number of carbonyl (C=O) groups is 2. The van der Waals surface area contributed by atoms with Crippen molar-refractivity contribution in [3.05, 3.63) is 59.7 Å². The molecule has 0 unspecified atom stereocenters. The molecule has 7 heteroatoms. The number of nitrogens with one attached hydrogen (secondary N) is 1. The van der Waals surface area contributed by atoms with Crippen LogP contribution in [0.15, 0.2) is 48.5 Å². The average Bonchev–Trinajstić information content (AvgIpc) is 3.11. The van der Waals surface area contributed by atoms with Crippen LogP contribution in [-0.2, 0) is 11.3 Å². The number of rotatable bonds is 7. The summed E-state index contributed by atoms with van der Waals surface area (Å²) in [6.07, 6.45) is 1.26. The van der Waals surface area contributed by atoms with Crippen molar-refractivity contribution >= 4 is 17.4 Å². The van der Waals surface area contributed by atoms with Gasteiger partial charge in [-0.25, -0.2) is 0 Å². The van der Waals surface area contributed by atoms with Gasteiger partial charge in [-0.15, -0.1) is 10.2 Å². The van der Waals surface area contributed by atoms with Crippen LogP contribution in [0.2, 0.25) is 0 Å². The van der Waals surface area contributed by atoms with E-state index in [1.54, 1.807) is 24.3 Å². The number of hydrogen-bond donors (Lipinski definition) is 1. The smallest absolute Gasteiger partial charge is 0.224 e. The Kier molecular flexibility index (Phi) is 5.71. The minimum Gasteiger partial charge on any atom is -0.326 e. The number of ketones is 1. The van der Waals surface area contributed by atoms with E-state index in [4.69, 9.17) is 0 Å². The Morgan fingerprint density at radius 1 is 1.04 bits per heavy atom. The van der Waals surface area contributed by atoms with Crippen LogP contribution in [0.5, 0.6) is 0 Å². The SMILES string of the molecule is CCCC(=O)Nc1ccc(C(=O)Cn2nnc(-c3ccc(C)cc3)n2)cc1. The van der Waals surface area contributed by atoms with Gasteiger partial charge in [0, 0.05) is 23.2 Å². The highest BCUT2D eigenvalue weighted by Gasteiger charge is 2.11. The number of benzene rings is 2. The van der Waals surface area contributed by atoms with Crippen molar-refractivity contribution in [2.24, 2.45) is 0 Å². The number of amides is 1. The van der Waals surface area contributed by atoms with Crippen LogP contribution in [-0.4, -0.2) is 31.9 Å². The highest BCUT2D eigenvalue weighted by Crippen LogP contribution is 2.15. The van der Waals surface area contributed by atoms with Crippen molar-refractivity contribution in [2.75, 3.05) is 5.32 Å². The average molecular weight is 363 g/mol. The van der Waals surface area contributed by atoms with E-state index in [9.17, 15) is 9.59 Å². The van der Waals surface area contributed by atoms with Gasteiger partial charge in [-0.05, 0) is 42.8 Å². The summed E-state index contributed by atoms with van der Waals surface area (Å²) in [6.45, 7) is 3.96. The van der Waals surface area contributed by atoms with E-state index in [2.05, 4.69) is 20.7 Å². The molecule has 27 heavy (non-hydrogen) atoms. The molecular formula is C20H21N5O2. The van der Waals surface area contributed by atoms with Crippen molar-refractivity contribution in [3.63, 3.8) is 0 Å². The van der Waals surface area contributed by atoms with Crippen molar-refractivity contribution in [1.82, 2.24) is 20.2 Å². The Morgan fingerprint density at radius 2 is 1.74 bits per heavy atom. The zero-order valence-electron chi connectivity index (χ0n) is 15.3. The fraction of sp³-hybridized carbons (Fsp3) is 0.250. The summed E-state index contributed by atoms with van der Waals surface area (Å²) >= 11 is 0. The van der Waals surface area contributed by atoms with Crippen LogP contribution in [0, 0.1) is 6.92 Å². The van der Waals surface area contributed by atoms with Gasteiger partial charge in [0.15, 0.2) is 5.78 Å². The van der Waals surface area contributed by atoms with Crippen molar-refractivity contribution in [2.45, 2.75) is 33.2 Å². The third-order valence-corrected chi connectivity index (χ3v) is 4.02. The second-order valence-electron chi connectivity index (χ2n) is 6.31. The molecule has 138 valence electrons. The zero-order chi connectivity index (χ0) is 19.2. The topological polar surface area (TPSA) is 89.8 Å². The maximum absolute atomic E-state index is 12.4. The van der Waals surface area contributed by atoms with Gasteiger partial charge in [0.05, 0.1) is 0 Å². The van der Waals surface area contributed by atoms with E-state index >= 15 is 0 Å². The van der Waals surface area contributed by atoms with Gasteiger partial charge in [0.25, 0.3) is 0 Å². The molecule has 0 radical (unpaired) electrons. The molecule has 0 aliphatic heterocycles.